The number of rotatable bonds is 5. The van der Waals surface area contributed by atoms with E-state index in [0.29, 0.717) is 0 Å². The Morgan fingerprint density at radius 1 is 1.14 bits per heavy atom. The summed E-state index contributed by atoms with van der Waals surface area (Å²) in [6.07, 6.45) is 0.997. The van der Waals surface area contributed by atoms with Crippen molar-refractivity contribution in [2.45, 2.75) is 20.3 Å². The van der Waals surface area contributed by atoms with Gasteiger partial charge in [0.1, 0.15) is 0 Å². The Hall–Kier alpha value is -1.81. The maximum Gasteiger partial charge on any atom is 0.243 e. The van der Waals surface area contributed by atoms with E-state index in [1.807, 2.05) is 49.4 Å². The molecule has 2 rings (SSSR count). The number of carbonyl (C=O) groups is 1. The predicted molar refractivity (Wildman–Crippen MR) is 91.8 cm³/mol. The minimum atomic E-state index is -0.0632. The lowest BCUT2D eigenvalue weighted by molar-refractivity contribution is -0.114. The van der Waals surface area contributed by atoms with Crippen molar-refractivity contribution in [3.8, 4) is 0 Å². The molecule has 0 aromatic heterocycles. The standard InChI is InChI=1S/C17H19BrN2O/c1-3-13-5-7-14(8-6-13)20-17(21)11-19-16-9-4-12(2)10-15(16)18/h4-10,19H,3,11H2,1-2H3,(H,20,21). The third-order valence-electron chi connectivity index (χ3n) is 3.21. The molecule has 21 heavy (non-hydrogen) atoms. The molecule has 0 aliphatic heterocycles. The second-order valence-electron chi connectivity index (χ2n) is 4.94. The number of nitrogens with one attached hydrogen (secondary N) is 2. The van der Waals surface area contributed by atoms with Crippen molar-refractivity contribution in [1.29, 1.82) is 0 Å². The van der Waals surface area contributed by atoms with E-state index in [1.165, 1.54) is 11.1 Å². The second-order valence-corrected chi connectivity index (χ2v) is 5.79. The first kappa shape index (κ1) is 15.6. The van der Waals surface area contributed by atoms with Gasteiger partial charge in [0.15, 0.2) is 0 Å². The van der Waals surface area contributed by atoms with Crippen molar-refractivity contribution in [3.63, 3.8) is 0 Å². The minimum absolute atomic E-state index is 0.0632. The second kappa shape index (κ2) is 7.27. The van der Waals surface area contributed by atoms with E-state index in [2.05, 4.69) is 33.5 Å². The Balaban J connectivity index is 1.89. The fraction of sp³-hybridized carbons (Fsp3) is 0.235. The van der Waals surface area contributed by atoms with E-state index in [4.69, 9.17) is 0 Å². The maximum atomic E-state index is 11.9. The van der Waals surface area contributed by atoms with Crippen LogP contribution in [0.25, 0.3) is 0 Å². The van der Waals surface area contributed by atoms with Gasteiger partial charge in [0, 0.05) is 15.8 Å². The van der Waals surface area contributed by atoms with E-state index in [0.717, 1.165) is 22.3 Å². The van der Waals surface area contributed by atoms with E-state index in [-0.39, 0.29) is 12.5 Å². The summed E-state index contributed by atoms with van der Waals surface area (Å²) in [6.45, 7) is 4.37. The molecule has 0 radical (unpaired) electrons. The van der Waals surface area contributed by atoms with Gasteiger partial charge in [-0.3, -0.25) is 4.79 Å². The lowest BCUT2D eigenvalue weighted by atomic mass is 10.1. The maximum absolute atomic E-state index is 11.9. The van der Waals surface area contributed by atoms with Crippen LogP contribution in [0, 0.1) is 6.92 Å². The van der Waals surface area contributed by atoms with Gasteiger partial charge in [-0.1, -0.05) is 25.1 Å². The molecule has 1 amide bonds. The molecule has 0 unspecified atom stereocenters. The monoisotopic (exact) mass is 346 g/mol. The number of benzene rings is 2. The molecule has 0 aliphatic rings. The Labute approximate surface area is 133 Å². The van der Waals surface area contributed by atoms with Crippen LogP contribution >= 0.6 is 15.9 Å². The highest BCUT2D eigenvalue weighted by molar-refractivity contribution is 9.10. The normalized spacial score (nSPS) is 10.2. The molecule has 4 heteroatoms. The Bertz CT molecular complexity index is 623. The molecule has 2 aromatic carbocycles. The molecule has 0 aliphatic carbocycles. The minimum Gasteiger partial charge on any atom is -0.375 e. The molecule has 0 fully saturated rings. The topological polar surface area (TPSA) is 41.1 Å². The number of hydrogen-bond acceptors (Lipinski definition) is 2. The molecule has 3 nitrogen and oxygen atoms in total. The first-order chi connectivity index (χ1) is 10.1. The Morgan fingerprint density at radius 3 is 2.48 bits per heavy atom. The van der Waals surface area contributed by atoms with Crippen LogP contribution in [0.15, 0.2) is 46.9 Å². The Morgan fingerprint density at radius 2 is 1.86 bits per heavy atom. The summed E-state index contributed by atoms with van der Waals surface area (Å²) >= 11 is 3.49. The van der Waals surface area contributed by atoms with Crippen LogP contribution in [0.3, 0.4) is 0 Å². The van der Waals surface area contributed by atoms with Gasteiger partial charge in [-0.05, 0) is 64.7 Å². The molecule has 0 heterocycles. The number of carbonyl (C=O) groups excluding carboxylic acids is 1. The number of anilines is 2. The average molecular weight is 347 g/mol. The molecule has 0 saturated heterocycles. The van der Waals surface area contributed by atoms with Gasteiger partial charge >= 0.3 is 0 Å². The zero-order valence-corrected chi connectivity index (χ0v) is 13.8. The molecular formula is C17H19BrN2O. The first-order valence-electron chi connectivity index (χ1n) is 6.97. The summed E-state index contributed by atoms with van der Waals surface area (Å²) in [5.41, 5.74) is 4.17. The molecule has 0 spiro atoms. The van der Waals surface area contributed by atoms with Crippen molar-refractivity contribution >= 4 is 33.2 Å². The first-order valence-corrected chi connectivity index (χ1v) is 7.76. The fourth-order valence-corrected chi connectivity index (χ4v) is 2.60. The zero-order chi connectivity index (χ0) is 15.2. The van der Waals surface area contributed by atoms with E-state index in [9.17, 15) is 4.79 Å². The highest BCUT2D eigenvalue weighted by Crippen LogP contribution is 2.23. The van der Waals surface area contributed by atoms with Gasteiger partial charge < -0.3 is 10.6 Å². The molecule has 2 N–H and O–H groups in total. The Kier molecular flexibility index (Phi) is 5.39. The quantitative estimate of drug-likeness (QED) is 0.843. The van der Waals surface area contributed by atoms with Crippen molar-refractivity contribution in [3.05, 3.63) is 58.1 Å². The molecule has 2 aromatic rings. The van der Waals surface area contributed by atoms with Crippen LogP contribution in [-0.4, -0.2) is 12.5 Å². The van der Waals surface area contributed by atoms with Crippen LogP contribution in [-0.2, 0) is 11.2 Å². The number of aryl methyl sites for hydroxylation is 2. The summed E-state index contributed by atoms with van der Waals surface area (Å²) in [5.74, 6) is -0.0632. The van der Waals surface area contributed by atoms with Crippen LogP contribution in [0.5, 0.6) is 0 Å². The lowest BCUT2D eigenvalue weighted by Gasteiger charge is -2.10. The zero-order valence-electron chi connectivity index (χ0n) is 12.2. The van der Waals surface area contributed by atoms with Gasteiger partial charge in [-0.15, -0.1) is 0 Å². The average Bonchev–Trinajstić information content (AvgIpc) is 2.47. The van der Waals surface area contributed by atoms with Gasteiger partial charge in [0.05, 0.1) is 6.54 Å². The smallest absolute Gasteiger partial charge is 0.243 e. The van der Waals surface area contributed by atoms with Crippen molar-refractivity contribution in [1.82, 2.24) is 0 Å². The highest BCUT2D eigenvalue weighted by Gasteiger charge is 2.04. The SMILES string of the molecule is CCc1ccc(NC(=O)CNc2ccc(C)cc2Br)cc1. The van der Waals surface area contributed by atoms with Gasteiger partial charge in [-0.25, -0.2) is 0 Å². The van der Waals surface area contributed by atoms with E-state index < -0.39 is 0 Å². The summed E-state index contributed by atoms with van der Waals surface area (Å²) in [5, 5.41) is 6.00. The molecule has 0 atom stereocenters. The molecule has 0 saturated carbocycles. The van der Waals surface area contributed by atoms with Crippen molar-refractivity contribution < 1.29 is 4.79 Å². The third-order valence-corrected chi connectivity index (χ3v) is 3.87. The third kappa shape index (κ3) is 4.60. The fourth-order valence-electron chi connectivity index (χ4n) is 1.97. The van der Waals surface area contributed by atoms with Crippen LogP contribution in [0.4, 0.5) is 11.4 Å². The summed E-state index contributed by atoms with van der Waals surface area (Å²) in [7, 11) is 0. The van der Waals surface area contributed by atoms with Crippen LogP contribution < -0.4 is 10.6 Å². The largest absolute Gasteiger partial charge is 0.375 e. The van der Waals surface area contributed by atoms with Crippen LogP contribution in [0.1, 0.15) is 18.1 Å². The predicted octanol–water partition coefficient (Wildman–Crippen LogP) is 4.37. The molecule has 0 bridgehead atoms. The number of amides is 1. The van der Waals surface area contributed by atoms with E-state index >= 15 is 0 Å². The lowest BCUT2D eigenvalue weighted by Crippen LogP contribution is -2.21. The number of hydrogen-bond donors (Lipinski definition) is 2. The van der Waals surface area contributed by atoms with Crippen molar-refractivity contribution in [2.24, 2.45) is 0 Å². The van der Waals surface area contributed by atoms with Crippen LogP contribution in [0.2, 0.25) is 0 Å². The molecule has 110 valence electrons. The van der Waals surface area contributed by atoms with Gasteiger partial charge in [0.25, 0.3) is 0 Å². The summed E-state index contributed by atoms with van der Waals surface area (Å²) in [4.78, 5) is 11.9. The summed E-state index contributed by atoms with van der Waals surface area (Å²) < 4.78 is 0.961. The highest BCUT2D eigenvalue weighted by atomic mass is 79.9. The van der Waals surface area contributed by atoms with Gasteiger partial charge in [0.2, 0.25) is 5.91 Å². The van der Waals surface area contributed by atoms with Gasteiger partial charge in [-0.2, -0.15) is 0 Å². The number of halogens is 1. The molecular weight excluding hydrogens is 328 g/mol. The van der Waals surface area contributed by atoms with E-state index in [1.54, 1.807) is 0 Å². The summed E-state index contributed by atoms with van der Waals surface area (Å²) in [6, 6.07) is 13.9. The van der Waals surface area contributed by atoms with Crippen molar-refractivity contribution in [2.75, 3.05) is 17.2 Å².